The third-order valence-corrected chi connectivity index (χ3v) is 0. The van der Waals surface area contributed by atoms with Crippen molar-refractivity contribution in [2.75, 3.05) is 0 Å². The summed E-state index contributed by atoms with van der Waals surface area (Å²) >= 11 is 0. The van der Waals surface area contributed by atoms with Crippen molar-refractivity contribution in [3.05, 3.63) is 0 Å². The van der Waals surface area contributed by atoms with Crippen molar-refractivity contribution in [2.24, 2.45) is 0 Å². The molecule has 0 aromatic rings. The normalized spacial score (nSPS) is 0. The van der Waals surface area contributed by atoms with Gasteiger partial charge in [-0.2, -0.15) is 0 Å². The quantitative estimate of drug-likeness (QED) is 0.223. The van der Waals surface area contributed by atoms with Gasteiger partial charge in [0.15, 0.2) is 0 Å². The molecule has 0 unspecified atom stereocenters. The van der Waals surface area contributed by atoms with Gasteiger partial charge in [0.05, 0.1) is 0 Å². The van der Waals surface area contributed by atoms with Crippen molar-refractivity contribution in [3.8, 4) is 0 Å². The Kier molecular flexibility index (Phi) is 679. The molecule has 0 saturated heterocycles. The Labute approximate surface area is 833 Å². The molecule has 0 amide bonds. The van der Waals surface area contributed by atoms with Crippen molar-refractivity contribution in [3.63, 3.8) is 0 Å². The zero-order valence-corrected chi connectivity index (χ0v) is 0. The van der Waals surface area contributed by atoms with Gasteiger partial charge in [0.1, 0.15) is 0 Å². The molecule has 34 valence electrons. The van der Waals surface area contributed by atoms with Crippen LogP contribution in [0.5, 0.6) is 0 Å². The molecule has 0 N–H and O–H groups in total. The SMILES string of the molecule is [KH].[KH].[KH].[KH].[KH].[KH].[KH].[KH].[KH].[KH].[KH].[KH].[KH].[KH].[KH].[KH].[KH]. The van der Waals surface area contributed by atoms with Crippen LogP contribution in [-0.4, -0.2) is 874 Å². The van der Waals surface area contributed by atoms with E-state index in [0.717, 1.165) is 0 Å². The maximum absolute atomic E-state index is 0. The van der Waals surface area contributed by atoms with Gasteiger partial charge in [0.25, 0.3) is 0 Å². The van der Waals surface area contributed by atoms with E-state index in [1.54, 1.807) is 0 Å². The molecule has 17 heavy (non-hydrogen) atoms. The molecule has 0 atom stereocenters. The molecule has 0 heterocycles. The van der Waals surface area contributed by atoms with Crippen LogP contribution in [0.4, 0.5) is 0 Å². The number of hydrogen-bond donors (Lipinski definition) is 0. The van der Waals surface area contributed by atoms with Crippen LogP contribution < -0.4 is 0 Å². The molecular formula is H17K17. The maximum atomic E-state index is 0. The third-order valence-electron chi connectivity index (χ3n) is 0. The molecule has 0 aromatic heterocycles. The van der Waals surface area contributed by atoms with Gasteiger partial charge in [0, 0.05) is 0 Å². The topological polar surface area (TPSA) is 0 Å². The molecule has 0 saturated carbocycles. The van der Waals surface area contributed by atoms with E-state index in [9.17, 15) is 0 Å². The average Bonchev–Trinajstić information content (AvgIpc) is 0. The Bertz CT molecular complexity index is 0. The Balaban J connectivity index is 0. The summed E-state index contributed by atoms with van der Waals surface area (Å²) in [7, 11) is 0. The predicted octanol–water partition coefficient (Wildman–Crippen LogP) is -11.0. The van der Waals surface area contributed by atoms with Crippen LogP contribution in [0.25, 0.3) is 0 Å². The van der Waals surface area contributed by atoms with Gasteiger partial charge in [-0.05, 0) is 0 Å². The summed E-state index contributed by atoms with van der Waals surface area (Å²) in [5.41, 5.74) is 0. The molecule has 0 fully saturated rings. The summed E-state index contributed by atoms with van der Waals surface area (Å²) in [6.45, 7) is 0. The Morgan fingerprint density at radius 2 is 0.0588 bits per heavy atom. The van der Waals surface area contributed by atoms with Crippen LogP contribution in [0.3, 0.4) is 0 Å². The zero-order valence-electron chi connectivity index (χ0n) is 0. The second kappa shape index (κ2) is 104. The van der Waals surface area contributed by atoms with Gasteiger partial charge in [0.2, 0.25) is 0 Å². The van der Waals surface area contributed by atoms with Crippen LogP contribution >= 0.6 is 0 Å². The summed E-state index contributed by atoms with van der Waals surface area (Å²) < 4.78 is 0. The minimum absolute atomic E-state index is 0. The molecule has 0 nitrogen and oxygen atoms in total. The summed E-state index contributed by atoms with van der Waals surface area (Å²) in [6, 6.07) is 0. The van der Waals surface area contributed by atoms with Gasteiger partial charge < -0.3 is 0 Å². The summed E-state index contributed by atoms with van der Waals surface area (Å²) in [6.07, 6.45) is 0. The second-order valence-corrected chi connectivity index (χ2v) is 0. The molecule has 0 spiro atoms. The molecule has 0 aromatic carbocycles. The van der Waals surface area contributed by atoms with E-state index < -0.39 is 0 Å². The van der Waals surface area contributed by atoms with Crippen molar-refractivity contribution >= 4 is 874 Å². The first-order chi connectivity index (χ1) is 0. The molecule has 0 bridgehead atoms. The molecule has 0 aliphatic heterocycles. The van der Waals surface area contributed by atoms with Gasteiger partial charge in [-0.15, -0.1) is 0 Å². The zero-order chi connectivity index (χ0) is 0. The van der Waals surface area contributed by atoms with Gasteiger partial charge >= 0.3 is 874 Å². The van der Waals surface area contributed by atoms with E-state index in [1.165, 1.54) is 0 Å². The van der Waals surface area contributed by atoms with E-state index in [0.29, 0.717) is 0 Å². The van der Waals surface area contributed by atoms with Gasteiger partial charge in [-0.1, -0.05) is 0 Å². The molecule has 17 heteroatoms. The average molecular weight is 682 g/mol. The van der Waals surface area contributed by atoms with Crippen molar-refractivity contribution < 1.29 is 0 Å². The van der Waals surface area contributed by atoms with Crippen molar-refractivity contribution in [2.45, 2.75) is 0 Å². The number of rotatable bonds is 0. The first-order valence-corrected chi connectivity index (χ1v) is 0. The second-order valence-electron chi connectivity index (χ2n) is 0. The third kappa shape index (κ3) is 99.0. The van der Waals surface area contributed by atoms with Gasteiger partial charge in [-0.25, -0.2) is 0 Å². The minimum atomic E-state index is 0. The van der Waals surface area contributed by atoms with E-state index in [1.807, 2.05) is 0 Å². The monoisotopic (exact) mass is 680 g/mol. The van der Waals surface area contributed by atoms with Crippen molar-refractivity contribution in [1.82, 2.24) is 0 Å². The van der Waals surface area contributed by atoms with Crippen LogP contribution in [0.15, 0.2) is 0 Å². The first-order valence-electron chi connectivity index (χ1n) is 0. The fraction of sp³-hybridized carbons (Fsp3) is 0. The van der Waals surface area contributed by atoms with E-state index in [4.69, 9.17) is 0 Å². The molecule has 0 aliphatic rings. The fourth-order valence-corrected chi connectivity index (χ4v) is 0. The fourth-order valence-electron chi connectivity index (χ4n) is 0. The molecule has 0 rings (SSSR count). The van der Waals surface area contributed by atoms with E-state index in [-0.39, 0.29) is 874 Å². The standard InChI is InChI=1S/17K.17H. The van der Waals surface area contributed by atoms with Crippen LogP contribution in [0.2, 0.25) is 0 Å². The van der Waals surface area contributed by atoms with Crippen molar-refractivity contribution in [1.29, 1.82) is 0 Å². The van der Waals surface area contributed by atoms with Crippen LogP contribution in [0.1, 0.15) is 0 Å². The Morgan fingerprint density at radius 1 is 0.0588 bits per heavy atom. The molecule has 0 aliphatic carbocycles. The molecular weight excluding hydrogens is 665 g/mol. The summed E-state index contributed by atoms with van der Waals surface area (Å²) in [4.78, 5) is 0. The Hall–Kier alpha value is 27.8. The van der Waals surface area contributed by atoms with Gasteiger partial charge in [-0.3, -0.25) is 0 Å². The van der Waals surface area contributed by atoms with E-state index >= 15 is 0 Å². The predicted molar refractivity (Wildman–Crippen MR) is 122 cm³/mol. The number of hydrogen-bond acceptors (Lipinski definition) is 0. The summed E-state index contributed by atoms with van der Waals surface area (Å²) in [5, 5.41) is 0. The first kappa shape index (κ1) is 111. The van der Waals surface area contributed by atoms with E-state index in [2.05, 4.69) is 0 Å². The van der Waals surface area contributed by atoms with Crippen LogP contribution in [0, 0.1) is 0 Å². The van der Waals surface area contributed by atoms with Crippen LogP contribution in [-0.2, 0) is 0 Å². The summed E-state index contributed by atoms with van der Waals surface area (Å²) in [5.74, 6) is 0. The molecule has 0 radical (unpaired) electrons. The Morgan fingerprint density at radius 3 is 0.0588 bits per heavy atom.